The summed E-state index contributed by atoms with van der Waals surface area (Å²) in [6, 6.07) is 15.3. The zero-order chi connectivity index (χ0) is 25.0. The van der Waals surface area contributed by atoms with E-state index in [0.717, 1.165) is 30.7 Å². The van der Waals surface area contributed by atoms with Crippen molar-refractivity contribution in [3.05, 3.63) is 72.1 Å². The van der Waals surface area contributed by atoms with Crippen LogP contribution in [0.4, 0.5) is 0 Å². The quantitative estimate of drug-likeness (QED) is 0.425. The zero-order valence-corrected chi connectivity index (χ0v) is 20.9. The van der Waals surface area contributed by atoms with Crippen molar-refractivity contribution in [3.8, 4) is 17.2 Å². The summed E-state index contributed by atoms with van der Waals surface area (Å²) in [5.41, 5.74) is 2.53. The number of benzene rings is 2. The number of ether oxygens (including phenoxy) is 4. The van der Waals surface area contributed by atoms with Crippen molar-refractivity contribution in [2.45, 2.75) is 32.4 Å². The molecule has 0 bridgehead atoms. The summed E-state index contributed by atoms with van der Waals surface area (Å²) < 4.78 is 24.7. The fourth-order valence-electron chi connectivity index (χ4n) is 4.55. The smallest absolute Gasteiger partial charge is 0.254 e. The zero-order valence-electron chi connectivity index (χ0n) is 20.9. The van der Waals surface area contributed by atoms with Crippen LogP contribution >= 0.6 is 0 Å². The molecule has 0 radical (unpaired) electrons. The number of amides is 1. The highest BCUT2D eigenvalue weighted by atomic mass is 16.5. The molecule has 3 aromatic rings. The number of carbonyl (C=O) groups excluding carboxylic acids is 1. The van der Waals surface area contributed by atoms with E-state index in [2.05, 4.69) is 12.0 Å². The Kier molecular flexibility index (Phi) is 7.25. The van der Waals surface area contributed by atoms with Crippen molar-refractivity contribution in [1.82, 2.24) is 14.7 Å². The van der Waals surface area contributed by atoms with E-state index < -0.39 is 0 Å². The first-order valence-electron chi connectivity index (χ1n) is 12.4. The molecule has 1 aromatic heterocycles. The van der Waals surface area contributed by atoms with Crippen LogP contribution in [0, 0.1) is 5.41 Å². The monoisotopic (exact) mass is 491 g/mol. The van der Waals surface area contributed by atoms with Crippen LogP contribution in [0.1, 0.15) is 35.7 Å². The van der Waals surface area contributed by atoms with Gasteiger partial charge in [-0.1, -0.05) is 13.0 Å². The Bertz CT molecular complexity index is 1150. The average Bonchev–Trinajstić information content (AvgIpc) is 3.60. The van der Waals surface area contributed by atoms with Gasteiger partial charge in [-0.2, -0.15) is 5.10 Å². The second-order valence-corrected chi connectivity index (χ2v) is 9.90. The Morgan fingerprint density at radius 3 is 2.67 bits per heavy atom. The third kappa shape index (κ3) is 5.55. The molecule has 2 aliphatic rings. The summed E-state index contributed by atoms with van der Waals surface area (Å²) in [4.78, 5) is 15.5. The van der Waals surface area contributed by atoms with E-state index in [1.807, 2.05) is 59.6 Å². The number of hydrogen-bond acceptors (Lipinski definition) is 6. The lowest BCUT2D eigenvalue weighted by molar-refractivity contribution is -0.120. The molecule has 190 valence electrons. The summed E-state index contributed by atoms with van der Waals surface area (Å²) in [6.07, 6.45) is 5.64. The van der Waals surface area contributed by atoms with E-state index >= 15 is 0 Å². The molecule has 0 aliphatic carbocycles. The topological polar surface area (TPSA) is 75.1 Å². The minimum absolute atomic E-state index is 0.0190. The predicted octanol–water partition coefficient (Wildman–Crippen LogP) is 4.12. The maximum atomic E-state index is 13.6. The van der Waals surface area contributed by atoms with Crippen LogP contribution < -0.4 is 9.47 Å². The third-order valence-electron chi connectivity index (χ3n) is 6.70. The van der Waals surface area contributed by atoms with Gasteiger partial charge in [0.2, 0.25) is 0 Å². The Balaban J connectivity index is 1.34. The normalized spacial score (nSPS) is 18.4. The first-order chi connectivity index (χ1) is 17.5. The molecule has 3 heterocycles. The third-order valence-corrected chi connectivity index (χ3v) is 6.70. The number of hydrogen-bond donors (Lipinski definition) is 0. The number of methoxy groups -OCH3 is 1. The molecule has 0 N–H and O–H groups in total. The van der Waals surface area contributed by atoms with Crippen molar-refractivity contribution in [2.75, 3.05) is 40.1 Å². The molecule has 8 heteroatoms. The van der Waals surface area contributed by atoms with E-state index in [4.69, 9.17) is 18.9 Å². The molecule has 1 unspecified atom stereocenters. The van der Waals surface area contributed by atoms with Gasteiger partial charge in [0.1, 0.15) is 0 Å². The van der Waals surface area contributed by atoms with Gasteiger partial charge in [-0.15, -0.1) is 0 Å². The first kappa shape index (κ1) is 24.3. The van der Waals surface area contributed by atoms with Crippen LogP contribution in [0.5, 0.6) is 11.5 Å². The molecule has 2 saturated heterocycles. The lowest BCUT2D eigenvalue weighted by Gasteiger charge is -2.37. The summed E-state index contributed by atoms with van der Waals surface area (Å²) in [6.45, 7) is 5.81. The molecule has 2 aliphatic heterocycles. The van der Waals surface area contributed by atoms with Gasteiger partial charge < -0.3 is 23.8 Å². The van der Waals surface area contributed by atoms with Crippen LogP contribution in [0.25, 0.3) is 5.69 Å². The summed E-state index contributed by atoms with van der Waals surface area (Å²) in [5, 5.41) is 4.26. The largest absolute Gasteiger partial charge is 0.493 e. The Labute approximate surface area is 211 Å². The maximum absolute atomic E-state index is 13.6. The number of nitrogens with zero attached hydrogens (tertiary/aromatic N) is 3. The van der Waals surface area contributed by atoms with Gasteiger partial charge in [-0.25, -0.2) is 4.68 Å². The van der Waals surface area contributed by atoms with Gasteiger partial charge in [0.15, 0.2) is 11.5 Å². The number of rotatable bonds is 10. The maximum Gasteiger partial charge on any atom is 0.254 e. The van der Waals surface area contributed by atoms with Crippen molar-refractivity contribution < 1.29 is 23.7 Å². The molecule has 1 amide bonds. The lowest BCUT2D eigenvalue weighted by Crippen LogP contribution is -2.44. The Morgan fingerprint density at radius 2 is 2.03 bits per heavy atom. The number of carbonyl (C=O) groups is 1. The standard InChI is InChI=1S/C28H33N3O5/c1-28(18-34-19-28)20-36-26-15-21(6-11-25(26)33-2)16-30(17-24-5-3-14-35-24)27(32)22-7-9-23(10-8-22)31-13-4-12-29-31/h4,6-13,15,24H,3,5,14,16-20H2,1-2H3. The predicted molar refractivity (Wildman–Crippen MR) is 135 cm³/mol. The lowest BCUT2D eigenvalue weighted by atomic mass is 9.90. The molecule has 1 atom stereocenters. The SMILES string of the molecule is COc1ccc(CN(CC2CCCO2)C(=O)c2ccc(-n3cccn3)cc2)cc1OCC1(C)COC1. The summed E-state index contributed by atoms with van der Waals surface area (Å²) in [5.74, 6) is 1.32. The van der Waals surface area contributed by atoms with Crippen molar-refractivity contribution in [2.24, 2.45) is 5.41 Å². The van der Waals surface area contributed by atoms with Crippen LogP contribution in [0.3, 0.4) is 0 Å². The van der Waals surface area contributed by atoms with Gasteiger partial charge in [0, 0.05) is 43.1 Å². The first-order valence-corrected chi connectivity index (χ1v) is 12.4. The minimum Gasteiger partial charge on any atom is -0.493 e. The molecule has 0 spiro atoms. The summed E-state index contributed by atoms with van der Waals surface area (Å²) >= 11 is 0. The van der Waals surface area contributed by atoms with Crippen LogP contribution in [0.2, 0.25) is 0 Å². The van der Waals surface area contributed by atoms with Crippen LogP contribution in [-0.4, -0.2) is 66.8 Å². The molecular formula is C28H33N3O5. The van der Waals surface area contributed by atoms with Crippen LogP contribution in [-0.2, 0) is 16.0 Å². The molecule has 2 aromatic carbocycles. The Morgan fingerprint density at radius 1 is 1.19 bits per heavy atom. The van der Waals surface area contributed by atoms with E-state index in [1.54, 1.807) is 18.0 Å². The van der Waals surface area contributed by atoms with Gasteiger partial charge in [-0.05, 0) is 60.9 Å². The second-order valence-electron chi connectivity index (χ2n) is 9.90. The van der Waals surface area contributed by atoms with Gasteiger partial charge >= 0.3 is 0 Å². The van der Waals surface area contributed by atoms with E-state index in [0.29, 0.717) is 50.0 Å². The molecule has 5 rings (SSSR count). The molecule has 0 saturated carbocycles. The second kappa shape index (κ2) is 10.7. The van der Waals surface area contributed by atoms with Gasteiger partial charge in [-0.3, -0.25) is 4.79 Å². The average molecular weight is 492 g/mol. The fraction of sp³-hybridized carbons (Fsp3) is 0.429. The summed E-state index contributed by atoms with van der Waals surface area (Å²) in [7, 11) is 1.64. The van der Waals surface area contributed by atoms with Gasteiger partial charge in [0.05, 0.1) is 38.7 Å². The van der Waals surface area contributed by atoms with E-state index in [1.165, 1.54) is 0 Å². The minimum atomic E-state index is -0.0325. The van der Waals surface area contributed by atoms with Crippen LogP contribution in [0.15, 0.2) is 60.9 Å². The Hall–Kier alpha value is -3.36. The van der Waals surface area contributed by atoms with E-state index in [9.17, 15) is 4.79 Å². The van der Waals surface area contributed by atoms with Crippen molar-refractivity contribution >= 4 is 5.91 Å². The molecular weight excluding hydrogens is 458 g/mol. The molecule has 2 fully saturated rings. The van der Waals surface area contributed by atoms with Gasteiger partial charge in [0.25, 0.3) is 5.91 Å². The van der Waals surface area contributed by atoms with Crippen molar-refractivity contribution in [1.29, 1.82) is 0 Å². The van der Waals surface area contributed by atoms with Crippen molar-refractivity contribution in [3.63, 3.8) is 0 Å². The van der Waals surface area contributed by atoms with E-state index in [-0.39, 0.29) is 17.4 Å². The molecule has 36 heavy (non-hydrogen) atoms. The molecule has 8 nitrogen and oxygen atoms in total. The highest BCUT2D eigenvalue weighted by Crippen LogP contribution is 2.33. The highest BCUT2D eigenvalue weighted by Gasteiger charge is 2.34. The highest BCUT2D eigenvalue weighted by molar-refractivity contribution is 5.94. The fourth-order valence-corrected chi connectivity index (χ4v) is 4.55. The number of aromatic nitrogens is 2.